The summed E-state index contributed by atoms with van der Waals surface area (Å²) in [7, 11) is 0. The van der Waals surface area contributed by atoms with Crippen LogP contribution in [-0.2, 0) is 11.3 Å². The van der Waals surface area contributed by atoms with E-state index in [0.717, 1.165) is 0 Å². The summed E-state index contributed by atoms with van der Waals surface area (Å²) in [6.07, 6.45) is 5.14. The van der Waals surface area contributed by atoms with E-state index in [2.05, 4.69) is 5.92 Å². The van der Waals surface area contributed by atoms with Gasteiger partial charge in [-0.2, -0.15) is 0 Å². The van der Waals surface area contributed by atoms with Gasteiger partial charge in [0.15, 0.2) is 0 Å². The lowest BCUT2D eigenvalue weighted by atomic mass is 10.1. The van der Waals surface area contributed by atoms with E-state index < -0.39 is 10.9 Å². The second-order valence-electron chi connectivity index (χ2n) is 3.77. The average Bonchev–Trinajstić information content (AvgIpc) is 2.30. The zero-order chi connectivity index (χ0) is 14.4. The molecule has 1 rings (SSSR count). The lowest BCUT2D eigenvalue weighted by Crippen LogP contribution is -2.29. The quantitative estimate of drug-likeness (QED) is 0.488. The number of benzene rings is 1. The number of nitro groups is 1. The van der Waals surface area contributed by atoms with Crippen LogP contribution in [0.15, 0.2) is 18.2 Å². The smallest absolute Gasteiger partial charge is 0.317 e. The highest BCUT2D eigenvalue weighted by atomic mass is 35.5. The van der Waals surface area contributed by atoms with Crippen LogP contribution in [0.1, 0.15) is 5.56 Å². The third-order valence-electron chi connectivity index (χ3n) is 2.31. The number of nitro benzene ring substituents is 1. The van der Waals surface area contributed by atoms with Crippen molar-refractivity contribution in [2.45, 2.75) is 6.54 Å². The minimum absolute atomic E-state index is 0.0734. The number of carboxylic acids is 1. The Bertz CT molecular complexity index is 539. The molecule has 1 aromatic carbocycles. The van der Waals surface area contributed by atoms with E-state index in [9.17, 15) is 14.9 Å². The van der Waals surface area contributed by atoms with Crippen LogP contribution in [0, 0.1) is 22.5 Å². The average molecular weight is 283 g/mol. The van der Waals surface area contributed by atoms with Crippen molar-refractivity contribution in [1.82, 2.24) is 4.90 Å². The van der Waals surface area contributed by atoms with Crippen LogP contribution >= 0.6 is 11.6 Å². The van der Waals surface area contributed by atoms with Gasteiger partial charge in [-0.1, -0.05) is 17.5 Å². The number of carboxylic acid groups (broad SMARTS) is 1. The predicted molar refractivity (Wildman–Crippen MR) is 69.9 cm³/mol. The van der Waals surface area contributed by atoms with Gasteiger partial charge in [0.1, 0.15) is 0 Å². The van der Waals surface area contributed by atoms with Crippen molar-refractivity contribution in [2.24, 2.45) is 0 Å². The van der Waals surface area contributed by atoms with Crippen molar-refractivity contribution in [3.05, 3.63) is 38.9 Å². The number of rotatable bonds is 6. The molecule has 6 nitrogen and oxygen atoms in total. The van der Waals surface area contributed by atoms with Crippen molar-refractivity contribution in [2.75, 3.05) is 13.1 Å². The van der Waals surface area contributed by atoms with Gasteiger partial charge in [0.2, 0.25) is 0 Å². The molecular formula is C12H11ClN2O4. The van der Waals surface area contributed by atoms with E-state index in [1.54, 1.807) is 0 Å². The molecule has 0 aliphatic carbocycles. The van der Waals surface area contributed by atoms with Gasteiger partial charge < -0.3 is 5.11 Å². The summed E-state index contributed by atoms with van der Waals surface area (Å²) in [5.41, 5.74) is 0.214. The molecule has 0 aliphatic rings. The van der Waals surface area contributed by atoms with E-state index >= 15 is 0 Å². The predicted octanol–water partition coefficient (Wildman–Crippen LogP) is 1.77. The molecule has 0 radical (unpaired) electrons. The van der Waals surface area contributed by atoms with Crippen molar-refractivity contribution in [3.63, 3.8) is 0 Å². The second-order valence-corrected chi connectivity index (χ2v) is 4.21. The van der Waals surface area contributed by atoms with Gasteiger partial charge in [-0.3, -0.25) is 19.8 Å². The normalized spacial score (nSPS) is 10.2. The molecule has 0 atom stereocenters. The van der Waals surface area contributed by atoms with Crippen molar-refractivity contribution >= 4 is 23.3 Å². The van der Waals surface area contributed by atoms with Crippen molar-refractivity contribution < 1.29 is 14.8 Å². The molecule has 0 bridgehead atoms. The molecule has 0 heterocycles. The van der Waals surface area contributed by atoms with Crippen LogP contribution in [0.25, 0.3) is 0 Å². The maximum atomic E-state index is 10.9. The minimum Gasteiger partial charge on any atom is -0.480 e. The molecule has 1 N–H and O–H groups in total. The van der Waals surface area contributed by atoms with Crippen LogP contribution < -0.4 is 0 Å². The number of hydrogen-bond donors (Lipinski definition) is 1. The zero-order valence-electron chi connectivity index (χ0n) is 9.88. The summed E-state index contributed by atoms with van der Waals surface area (Å²) in [5.74, 6) is 1.27. The Kier molecular flexibility index (Phi) is 5.30. The van der Waals surface area contributed by atoms with Gasteiger partial charge >= 0.3 is 5.97 Å². The Hall–Kier alpha value is -2.10. The summed E-state index contributed by atoms with van der Waals surface area (Å²) < 4.78 is 0. The number of terminal acetylenes is 1. The van der Waals surface area contributed by atoms with Gasteiger partial charge in [-0.15, -0.1) is 6.42 Å². The molecule has 0 saturated carbocycles. The molecule has 100 valence electrons. The highest BCUT2D eigenvalue weighted by Gasteiger charge is 2.18. The summed E-state index contributed by atoms with van der Waals surface area (Å²) in [6.45, 7) is -0.125. The van der Waals surface area contributed by atoms with E-state index in [0.29, 0.717) is 5.56 Å². The summed E-state index contributed by atoms with van der Waals surface area (Å²) in [4.78, 5) is 22.4. The van der Waals surface area contributed by atoms with E-state index in [4.69, 9.17) is 23.1 Å². The lowest BCUT2D eigenvalue weighted by molar-refractivity contribution is -0.385. The first kappa shape index (κ1) is 15.0. The first-order valence-electron chi connectivity index (χ1n) is 5.24. The molecule has 0 aliphatic heterocycles. The fourth-order valence-corrected chi connectivity index (χ4v) is 1.74. The minimum atomic E-state index is -1.05. The van der Waals surface area contributed by atoms with E-state index in [-0.39, 0.29) is 30.3 Å². The SMILES string of the molecule is C#CCN(CC(=O)O)Cc1ccc(Cl)cc1[N+](=O)[O-]. The maximum absolute atomic E-state index is 10.9. The van der Waals surface area contributed by atoms with E-state index in [1.807, 2.05) is 0 Å². The Morgan fingerprint density at radius 1 is 1.58 bits per heavy atom. The Labute approximate surface area is 114 Å². The number of aliphatic carboxylic acids is 1. The number of halogens is 1. The molecule has 0 unspecified atom stereocenters. The standard InChI is InChI=1S/C12H11ClN2O4/c1-2-5-14(8-12(16)17)7-9-3-4-10(13)6-11(9)15(18)19/h1,3-4,6H,5,7-8H2,(H,16,17). The topological polar surface area (TPSA) is 83.7 Å². The third-order valence-corrected chi connectivity index (χ3v) is 2.55. The van der Waals surface area contributed by atoms with Crippen LogP contribution in [0.4, 0.5) is 5.69 Å². The number of hydrogen-bond acceptors (Lipinski definition) is 4. The maximum Gasteiger partial charge on any atom is 0.317 e. The Morgan fingerprint density at radius 3 is 2.79 bits per heavy atom. The van der Waals surface area contributed by atoms with Gasteiger partial charge in [0.25, 0.3) is 5.69 Å². The molecular weight excluding hydrogens is 272 g/mol. The monoisotopic (exact) mass is 282 g/mol. The molecule has 0 fully saturated rings. The summed E-state index contributed by atoms with van der Waals surface area (Å²) in [5, 5.41) is 19.9. The first-order valence-corrected chi connectivity index (χ1v) is 5.62. The highest BCUT2D eigenvalue weighted by Crippen LogP contribution is 2.24. The third kappa shape index (κ3) is 4.58. The molecule has 19 heavy (non-hydrogen) atoms. The molecule has 0 aromatic heterocycles. The number of nitrogens with zero attached hydrogens (tertiary/aromatic N) is 2. The van der Waals surface area contributed by atoms with Gasteiger partial charge in [-0.05, 0) is 12.1 Å². The molecule has 0 spiro atoms. The van der Waals surface area contributed by atoms with Crippen molar-refractivity contribution in [3.8, 4) is 12.3 Å². The van der Waals surface area contributed by atoms with Gasteiger partial charge in [-0.25, -0.2) is 0 Å². The van der Waals surface area contributed by atoms with Gasteiger partial charge in [0, 0.05) is 23.2 Å². The van der Waals surface area contributed by atoms with Crippen molar-refractivity contribution in [1.29, 1.82) is 0 Å². The second kappa shape index (κ2) is 6.73. The molecule has 0 saturated heterocycles. The fraction of sp³-hybridized carbons (Fsp3) is 0.250. The Morgan fingerprint density at radius 2 is 2.26 bits per heavy atom. The largest absolute Gasteiger partial charge is 0.480 e. The lowest BCUT2D eigenvalue weighted by Gasteiger charge is -2.17. The fourth-order valence-electron chi connectivity index (χ4n) is 1.57. The van der Waals surface area contributed by atoms with Gasteiger partial charge in [0.05, 0.1) is 18.0 Å². The summed E-state index contributed by atoms with van der Waals surface area (Å²) in [6, 6.07) is 4.23. The molecule has 7 heteroatoms. The van der Waals surface area contributed by atoms with Crippen LogP contribution in [-0.4, -0.2) is 34.0 Å². The highest BCUT2D eigenvalue weighted by molar-refractivity contribution is 6.30. The number of carbonyl (C=O) groups is 1. The molecule has 0 amide bonds. The first-order chi connectivity index (χ1) is 8.93. The van der Waals surface area contributed by atoms with Crippen LogP contribution in [0.2, 0.25) is 5.02 Å². The zero-order valence-corrected chi connectivity index (χ0v) is 10.6. The van der Waals surface area contributed by atoms with Crippen LogP contribution in [0.3, 0.4) is 0 Å². The Balaban J connectivity index is 2.99. The summed E-state index contributed by atoms with van der Waals surface area (Å²) >= 11 is 5.70. The van der Waals surface area contributed by atoms with E-state index in [1.165, 1.54) is 23.1 Å². The van der Waals surface area contributed by atoms with Crippen LogP contribution in [0.5, 0.6) is 0 Å². The molecule has 1 aromatic rings.